The van der Waals surface area contributed by atoms with Gasteiger partial charge in [-0.05, 0) is 0 Å². The van der Waals surface area contributed by atoms with E-state index in [1.807, 2.05) is 0 Å². The Kier molecular flexibility index (Phi) is 2.45. The first-order chi connectivity index (χ1) is 4.86. The molecular formula is C6H7ClN2O. The van der Waals surface area contributed by atoms with Crippen molar-refractivity contribution in [3.63, 3.8) is 0 Å². The van der Waals surface area contributed by atoms with Crippen LogP contribution in [0.25, 0.3) is 0 Å². The van der Waals surface area contributed by atoms with Gasteiger partial charge in [-0.3, -0.25) is 4.98 Å². The second kappa shape index (κ2) is 3.37. The van der Waals surface area contributed by atoms with Crippen LogP contribution in [0.1, 0.15) is 5.69 Å². The van der Waals surface area contributed by atoms with E-state index in [9.17, 15) is 0 Å². The molecule has 10 heavy (non-hydrogen) atoms. The van der Waals surface area contributed by atoms with Gasteiger partial charge in [-0.15, -0.1) is 11.6 Å². The molecule has 0 bridgehead atoms. The lowest BCUT2D eigenvalue weighted by molar-refractivity contribution is 0.394. The SMILES string of the molecule is COc1cncc(CCl)n1. The third kappa shape index (κ3) is 1.57. The summed E-state index contributed by atoms with van der Waals surface area (Å²) in [5, 5.41) is 0. The summed E-state index contributed by atoms with van der Waals surface area (Å²) in [6.45, 7) is 0. The molecular weight excluding hydrogens is 152 g/mol. The predicted molar refractivity (Wildman–Crippen MR) is 38.1 cm³/mol. The first-order valence-electron chi connectivity index (χ1n) is 2.77. The smallest absolute Gasteiger partial charge is 0.232 e. The van der Waals surface area contributed by atoms with Gasteiger partial charge in [-0.25, -0.2) is 4.98 Å². The van der Waals surface area contributed by atoms with Crippen LogP contribution in [0.4, 0.5) is 0 Å². The first kappa shape index (κ1) is 7.28. The van der Waals surface area contributed by atoms with Gasteiger partial charge in [-0.2, -0.15) is 0 Å². The average Bonchev–Trinajstić information content (AvgIpc) is 2.05. The standard InChI is InChI=1S/C6H7ClN2O/c1-10-6-4-8-3-5(2-7)9-6/h3-4H,2H2,1H3. The number of hydrogen-bond acceptors (Lipinski definition) is 3. The number of aromatic nitrogens is 2. The highest BCUT2D eigenvalue weighted by molar-refractivity contribution is 6.16. The van der Waals surface area contributed by atoms with E-state index < -0.39 is 0 Å². The Morgan fingerprint density at radius 3 is 3.00 bits per heavy atom. The van der Waals surface area contributed by atoms with Gasteiger partial charge in [0.05, 0.1) is 24.9 Å². The summed E-state index contributed by atoms with van der Waals surface area (Å²) < 4.78 is 4.82. The molecule has 1 heterocycles. The molecule has 0 atom stereocenters. The molecule has 54 valence electrons. The zero-order valence-electron chi connectivity index (χ0n) is 5.54. The van der Waals surface area contributed by atoms with Crippen LogP contribution >= 0.6 is 11.6 Å². The van der Waals surface area contributed by atoms with Crippen molar-refractivity contribution < 1.29 is 4.74 Å². The third-order valence-corrected chi connectivity index (χ3v) is 1.28. The van der Waals surface area contributed by atoms with Crippen molar-refractivity contribution in [2.75, 3.05) is 7.11 Å². The van der Waals surface area contributed by atoms with Gasteiger partial charge in [0, 0.05) is 6.20 Å². The minimum Gasteiger partial charge on any atom is -0.480 e. The van der Waals surface area contributed by atoms with E-state index in [0.717, 1.165) is 5.69 Å². The summed E-state index contributed by atoms with van der Waals surface area (Å²) >= 11 is 5.50. The minimum absolute atomic E-state index is 0.365. The Morgan fingerprint density at radius 2 is 2.40 bits per heavy atom. The molecule has 1 aromatic heterocycles. The summed E-state index contributed by atoms with van der Waals surface area (Å²) in [6.07, 6.45) is 3.14. The maximum atomic E-state index is 5.50. The molecule has 0 radical (unpaired) electrons. The van der Waals surface area contributed by atoms with Crippen molar-refractivity contribution in [3.05, 3.63) is 18.1 Å². The maximum absolute atomic E-state index is 5.50. The van der Waals surface area contributed by atoms with Crippen molar-refractivity contribution >= 4 is 11.6 Å². The number of rotatable bonds is 2. The van der Waals surface area contributed by atoms with E-state index in [1.165, 1.54) is 6.20 Å². The lowest BCUT2D eigenvalue weighted by atomic mass is 10.5. The van der Waals surface area contributed by atoms with Crippen LogP contribution in [0.15, 0.2) is 12.4 Å². The summed E-state index contributed by atoms with van der Waals surface area (Å²) in [5.74, 6) is 0.864. The number of ether oxygens (including phenoxy) is 1. The largest absolute Gasteiger partial charge is 0.480 e. The number of nitrogens with zero attached hydrogens (tertiary/aromatic N) is 2. The molecule has 0 N–H and O–H groups in total. The predicted octanol–water partition coefficient (Wildman–Crippen LogP) is 1.22. The second-order valence-electron chi connectivity index (χ2n) is 1.69. The van der Waals surface area contributed by atoms with Crippen LogP contribution in [0, 0.1) is 0 Å². The Hall–Kier alpha value is -0.830. The zero-order chi connectivity index (χ0) is 7.40. The van der Waals surface area contributed by atoms with Crippen LogP contribution in [0.2, 0.25) is 0 Å². The monoisotopic (exact) mass is 158 g/mol. The molecule has 0 spiro atoms. The minimum atomic E-state index is 0.365. The molecule has 0 saturated carbocycles. The van der Waals surface area contributed by atoms with Gasteiger partial charge in [0.25, 0.3) is 0 Å². The van der Waals surface area contributed by atoms with Crippen molar-refractivity contribution in [3.8, 4) is 5.88 Å². The number of halogens is 1. The highest BCUT2D eigenvalue weighted by atomic mass is 35.5. The van der Waals surface area contributed by atoms with E-state index in [4.69, 9.17) is 16.3 Å². The highest BCUT2D eigenvalue weighted by Gasteiger charge is 1.94. The quantitative estimate of drug-likeness (QED) is 0.608. The van der Waals surface area contributed by atoms with Gasteiger partial charge in [-0.1, -0.05) is 0 Å². The molecule has 0 amide bonds. The molecule has 0 fully saturated rings. The van der Waals surface area contributed by atoms with E-state index in [2.05, 4.69) is 9.97 Å². The second-order valence-corrected chi connectivity index (χ2v) is 1.95. The Balaban J connectivity index is 2.87. The average molecular weight is 159 g/mol. The van der Waals surface area contributed by atoms with Crippen molar-refractivity contribution in [1.29, 1.82) is 0 Å². The Bertz CT molecular complexity index is 197. The molecule has 4 heteroatoms. The van der Waals surface area contributed by atoms with Gasteiger partial charge in [0.2, 0.25) is 5.88 Å². The lowest BCUT2D eigenvalue weighted by Gasteiger charge is -1.97. The topological polar surface area (TPSA) is 35.0 Å². The first-order valence-corrected chi connectivity index (χ1v) is 3.31. The Morgan fingerprint density at radius 1 is 1.60 bits per heavy atom. The van der Waals surface area contributed by atoms with Crippen molar-refractivity contribution in [2.24, 2.45) is 0 Å². The number of hydrogen-bond donors (Lipinski definition) is 0. The van der Waals surface area contributed by atoms with Crippen LogP contribution in [0.5, 0.6) is 5.88 Å². The normalized spacial score (nSPS) is 9.40. The molecule has 0 unspecified atom stereocenters. The van der Waals surface area contributed by atoms with E-state index in [0.29, 0.717) is 11.8 Å². The van der Waals surface area contributed by atoms with Crippen molar-refractivity contribution in [1.82, 2.24) is 9.97 Å². The van der Waals surface area contributed by atoms with Crippen LogP contribution in [-0.2, 0) is 5.88 Å². The molecule has 3 nitrogen and oxygen atoms in total. The summed E-state index contributed by atoms with van der Waals surface area (Å²) in [4.78, 5) is 7.85. The highest BCUT2D eigenvalue weighted by Crippen LogP contribution is 2.04. The fourth-order valence-electron chi connectivity index (χ4n) is 0.549. The Labute approximate surface area is 64.0 Å². The molecule has 0 aromatic carbocycles. The summed E-state index contributed by atoms with van der Waals surface area (Å²) in [6, 6.07) is 0. The number of methoxy groups -OCH3 is 1. The summed E-state index contributed by atoms with van der Waals surface area (Å²) in [7, 11) is 1.54. The van der Waals surface area contributed by atoms with E-state index >= 15 is 0 Å². The molecule has 1 aromatic rings. The maximum Gasteiger partial charge on any atom is 0.232 e. The fourth-order valence-corrected chi connectivity index (χ4v) is 0.678. The lowest BCUT2D eigenvalue weighted by Crippen LogP contribution is -1.92. The van der Waals surface area contributed by atoms with Gasteiger partial charge in [0.1, 0.15) is 0 Å². The summed E-state index contributed by atoms with van der Waals surface area (Å²) in [5.41, 5.74) is 0.723. The van der Waals surface area contributed by atoms with Gasteiger partial charge >= 0.3 is 0 Å². The number of alkyl halides is 1. The van der Waals surface area contributed by atoms with Gasteiger partial charge < -0.3 is 4.74 Å². The van der Waals surface area contributed by atoms with Crippen LogP contribution in [0.3, 0.4) is 0 Å². The van der Waals surface area contributed by atoms with E-state index in [-0.39, 0.29) is 0 Å². The van der Waals surface area contributed by atoms with E-state index in [1.54, 1.807) is 13.3 Å². The van der Waals surface area contributed by atoms with Crippen molar-refractivity contribution in [2.45, 2.75) is 5.88 Å². The fraction of sp³-hybridized carbons (Fsp3) is 0.333. The molecule has 0 aliphatic heterocycles. The molecule has 0 saturated heterocycles. The van der Waals surface area contributed by atoms with Crippen LogP contribution < -0.4 is 4.74 Å². The third-order valence-electron chi connectivity index (χ3n) is 1.01. The zero-order valence-corrected chi connectivity index (χ0v) is 6.30. The van der Waals surface area contributed by atoms with Crippen LogP contribution in [-0.4, -0.2) is 17.1 Å². The van der Waals surface area contributed by atoms with Gasteiger partial charge in [0.15, 0.2) is 0 Å². The molecule has 0 aliphatic carbocycles. The molecule has 1 rings (SSSR count). The molecule has 0 aliphatic rings.